The molecule has 0 fully saturated rings. The van der Waals surface area contributed by atoms with Gasteiger partial charge in [-0.2, -0.15) is 5.10 Å². The van der Waals surface area contributed by atoms with E-state index in [0.717, 1.165) is 5.56 Å². The first kappa shape index (κ1) is 13.2. The molecule has 0 aliphatic heterocycles. The maximum absolute atomic E-state index is 10.4. The monoisotopic (exact) mass is 236 g/mol. The van der Waals surface area contributed by atoms with E-state index < -0.39 is 5.97 Å². The number of hydrogen-bond acceptors (Lipinski definition) is 4. The second-order valence-corrected chi connectivity index (χ2v) is 3.45. The Kier molecular flexibility index (Phi) is 5.74. The highest BCUT2D eigenvalue weighted by molar-refractivity contribution is 6.34. The standard InChI is InChI=1S/C12H16N2O3/c1-10(12(15)16)14-13-7-8-17-9-11-5-3-2-4-6-11/h2-6,13H,7-9H2,1H3,(H,15,16)/b14-10-. The van der Waals surface area contributed by atoms with E-state index >= 15 is 0 Å². The fraction of sp³-hybridized carbons (Fsp3) is 0.333. The van der Waals surface area contributed by atoms with Crippen molar-refractivity contribution in [1.29, 1.82) is 0 Å². The molecule has 0 spiro atoms. The minimum atomic E-state index is -1.03. The van der Waals surface area contributed by atoms with Crippen LogP contribution in [0.1, 0.15) is 12.5 Å². The van der Waals surface area contributed by atoms with Crippen molar-refractivity contribution in [2.45, 2.75) is 13.5 Å². The number of ether oxygens (including phenoxy) is 1. The van der Waals surface area contributed by atoms with E-state index in [4.69, 9.17) is 9.84 Å². The van der Waals surface area contributed by atoms with E-state index in [9.17, 15) is 4.79 Å². The van der Waals surface area contributed by atoms with Gasteiger partial charge in [0.2, 0.25) is 0 Å². The zero-order chi connectivity index (χ0) is 12.5. The molecule has 0 unspecified atom stereocenters. The number of carboxylic acid groups (broad SMARTS) is 1. The predicted octanol–water partition coefficient (Wildman–Crippen LogP) is 1.25. The van der Waals surface area contributed by atoms with Crippen LogP contribution in [-0.4, -0.2) is 29.9 Å². The van der Waals surface area contributed by atoms with Crippen LogP contribution in [-0.2, 0) is 16.1 Å². The van der Waals surface area contributed by atoms with Gasteiger partial charge in [-0.05, 0) is 12.5 Å². The van der Waals surface area contributed by atoms with E-state index in [1.54, 1.807) is 0 Å². The summed E-state index contributed by atoms with van der Waals surface area (Å²) in [6.07, 6.45) is 0. The second-order valence-electron chi connectivity index (χ2n) is 3.45. The number of hydrazone groups is 1. The Balaban J connectivity index is 2.10. The van der Waals surface area contributed by atoms with Crippen LogP contribution in [0.5, 0.6) is 0 Å². The first-order valence-electron chi connectivity index (χ1n) is 5.32. The van der Waals surface area contributed by atoms with Gasteiger partial charge in [-0.15, -0.1) is 0 Å². The number of aliphatic carboxylic acids is 1. The van der Waals surface area contributed by atoms with Crippen LogP contribution in [0.2, 0.25) is 0 Å². The lowest BCUT2D eigenvalue weighted by atomic mass is 10.2. The topological polar surface area (TPSA) is 70.9 Å². The fourth-order valence-electron chi connectivity index (χ4n) is 1.10. The minimum Gasteiger partial charge on any atom is -0.477 e. The van der Waals surface area contributed by atoms with E-state index in [-0.39, 0.29) is 5.71 Å². The number of rotatable bonds is 7. The molecule has 5 nitrogen and oxygen atoms in total. The molecular formula is C12H16N2O3. The summed E-state index contributed by atoms with van der Waals surface area (Å²) in [6, 6.07) is 9.84. The molecule has 0 aromatic heterocycles. The molecule has 2 N–H and O–H groups in total. The third-order valence-corrected chi connectivity index (χ3v) is 2.03. The number of nitrogens with one attached hydrogen (secondary N) is 1. The van der Waals surface area contributed by atoms with Crippen LogP contribution < -0.4 is 5.43 Å². The molecule has 0 aliphatic rings. The summed E-state index contributed by atoms with van der Waals surface area (Å²) in [6.45, 7) is 2.94. The molecule has 0 atom stereocenters. The molecule has 1 rings (SSSR count). The van der Waals surface area contributed by atoms with Crippen molar-refractivity contribution < 1.29 is 14.6 Å². The van der Waals surface area contributed by atoms with Crippen molar-refractivity contribution in [3.63, 3.8) is 0 Å². The normalized spacial score (nSPS) is 11.2. The zero-order valence-corrected chi connectivity index (χ0v) is 9.72. The fourth-order valence-corrected chi connectivity index (χ4v) is 1.10. The average molecular weight is 236 g/mol. The zero-order valence-electron chi connectivity index (χ0n) is 9.72. The summed E-state index contributed by atoms with van der Waals surface area (Å²) in [5, 5.41) is 12.2. The maximum atomic E-state index is 10.4. The smallest absolute Gasteiger partial charge is 0.351 e. The molecule has 0 saturated heterocycles. The van der Waals surface area contributed by atoms with Gasteiger partial charge < -0.3 is 15.3 Å². The van der Waals surface area contributed by atoms with E-state index in [0.29, 0.717) is 19.8 Å². The van der Waals surface area contributed by atoms with Crippen molar-refractivity contribution in [3.05, 3.63) is 35.9 Å². The van der Waals surface area contributed by atoms with Crippen LogP contribution in [0.3, 0.4) is 0 Å². The van der Waals surface area contributed by atoms with E-state index in [1.165, 1.54) is 6.92 Å². The Morgan fingerprint density at radius 1 is 1.41 bits per heavy atom. The molecule has 0 saturated carbocycles. The van der Waals surface area contributed by atoms with E-state index in [1.807, 2.05) is 30.3 Å². The molecule has 0 amide bonds. The van der Waals surface area contributed by atoms with Crippen molar-refractivity contribution in [2.75, 3.05) is 13.2 Å². The highest BCUT2D eigenvalue weighted by Crippen LogP contribution is 1.99. The minimum absolute atomic E-state index is 0.0352. The Morgan fingerprint density at radius 2 is 2.12 bits per heavy atom. The van der Waals surface area contributed by atoms with Crippen LogP contribution in [0.15, 0.2) is 35.4 Å². The van der Waals surface area contributed by atoms with Crippen molar-refractivity contribution in [1.82, 2.24) is 5.43 Å². The summed E-state index contributed by atoms with van der Waals surface area (Å²) in [5.74, 6) is -1.03. The lowest BCUT2D eigenvalue weighted by molar-refractivity contribution is -0.129. The number of carboxylic acids is 1. The largest absolute Gasteiger partial charge is 0.477 e. The lowest BCUT2D eigenvalue weighted by Gasteiger charge is -2.04. The Hall–Kier alpha value is -1.88. The number of carbonyl (C=O) groups is 1. The number of hydrogen-bond donors (Lipinski definition) is 2. The van der Waals surface area contributed by atoms with Crippen LogP contribution in [0, 0.1) is 0 Å². The molecule has 17 heavy (non-hydrogen) atoms. The van der Waals surface area contributed by atoms with Gasteiger partial charge in [0.1, 0.15) is 5.71 Å². The third-order valence-electron chi connectivity index (χ3n) is 2.03. The van der Waals surface area contributed by atoms with Gasteiger partial charge in [-0.1, -0.05) is 30.3 Å². The van der Waals surface area contributed by atoms with Gasteiger partial charge in [0, 0.05) is 0 Å². The van der Waals surface area contributed by atoms with Crippen LogP contribution >= 0.6 is 0 Å². The highest BCUT2D eigenvalue weighted by Gasteiger charge is 1.99. The van der Waals surface area contributed by atoms with Crippen molar-refractivity contribution in [3.8, 4) is 0 Å². The molecule has 92 valence electrons. The first-order valence-corrected chi connectivity index (χ1v) is 5.32. The molecule has 0 heterocycles. The molecule has 1 aromatic rings. The van der Waals surface area contributed by atoms with Gasteiger partial charge >= 0.3 is 5.97 Å². The Labute approximate surface area is 100 Å². The lowest BCUT2D eigenvalue weighted by Crippen LogP contribution is -2.19. The average Bonchev–Trinajstić information content (AvgIpc) is 2.34. The molecule has 0 aliphatic carbocycles. The molecular weight excluding hydrogens is 220 g/mol. The molecule has 0 bridgehead atoms. The Bertz CT molecular complexity index is 377. The maximum Gasteiger partial charge on any atom is 0.351 e. The second kappa shape index (κ2) is 7.40. The summed E-state index contributed by atoms with van der Waals surface area (Å²) in [4.78, 5) is 10.4. The molecule has 5 heteroatoms. The highest BCUT2D eigenvalue weighted by atomic mass is 16.5. The number of benzene rings is 1. The summed E-state index contributed by atoms with van der Waals surface area (Å²) >= 11 is 0. The quantitative estimate of drug-likeness (QED) is 0.424. The Morgan fingerprint density at radius 3 is 2.76 bits per heavy atom. The van der Waals surface area contributed by atoms with Gasteiger partial charge in [-0.3, -0.25) is 0 Å². The van der Waals surface area contributed by atoms with Gasteiger partial charge in [0.25, 0.3) is 0 Å². The third kappa shape index (κ3) is 5.67. The van der Waals surface area contributed by atoms with Crippen molar-refractivity contribution >= 4 is 11.7 Å². The SMILES string of the molecule is C/C(=N/NCCOCc1ccccc1)C(=O)O. The summed E-state index contributed by atoms with van der Waals surface area (Å²) in [5.41, 5.74) is 3.78. The van der Waals surface area contributed by atoms with Gasteiger partial charge in [0.15, 0.2) is 0 Å². The van der Waals surface area contributed by atoms with Crippen molar-refractivity contribution in [2.24, 2.45) is 5.10 Å². The number of nitrogens with zero attached hydrogens (tertiary/aromatic N) is 1. The van der Waals surface area contributed by atoms with Gasteiger partial charge in [0.05, 0.1) is 19.8 Å². The summed E-state index contributed by atoms with van der Waals surface area (Å²) in [7, 11) is 0. The summed E-state index contributed by atoms with van der Waals surface area (Å²) < 4.78 is 5.38. The molecule has 1 aromatic carbocycles. The van der Waals surface area contributed by atoms with E-state index in [2.05, 4.69) is 10.5 Å². The molecule has 0 radical (unpaired) electrons. The first-order chi connectivity index (χ1) is 8.20. The van der Waals surface area contributed by atoms with Gasteiger partial charge in [-0.25, -0.2) is 4.79 Å². The predicted molar refractivity (Wildman–Crippen MR) is 64.8 cm³/mol. The van der Waals surface area contributed by atoms with Crippen LogP contribution in [0.25, 0.3) is 0 Å². The van der Waals surface area contributed by atoms with Crippen LogP contribution in [0.4, 0.5) is 0 Å².